The second-order valence-electron chi connectivity index (χ2n) is 4.86. The van der Waals surface area contributed by atoms with Gasteiger partial charge in [-0.2, -0.15) is 0 Å². The molecule has 0 radical (unpaired) electrons. The van der Waals surface area contributed by atoms with Gasteiger partial charge < -0.3 is 9.88 Å². The van der Waals surface area contributed by atoms with Crippen molar-refractivity contribution in [2.75, 3.05) is 6.54 Å². The monoisotopic (exact) mass is 325 g/mol. The van der Waals surface area contributed by atoms with Gasteiger partial charge in [-0.25, -0.2) is 9.69 Å². The predicted molar refractivity (Wildman–Crippen MR) is 87.8 cm³/mol. The molecule has 5 nitrogen and oxygen atoms in total. The zero-order chi connectivity index (χ0) is 16.4. The molecule has 2 heterocycles. The highest BCUT2D eigenvalue weighted by Crippen LogP contribution is 2.19. The molecule has 1 fully saturated rings. The summed E-state index contributed by atoms with van der Waals surface area (Å²) >= 11 is 5.90. The maximum Gasteiger partial charge on any atom is 0.329 e. The van der Waals surface area contributed by atoms with Crippen LogP contribution in [0.1, 0.15) is 5.69 Å². The number of carbonyl (C=O) groups excluding carboxylic acids is 2. The quantitative estimate of drug-likeness (QED) is 0.536. The van der Waals surface area contributed by atoms with Crippen molar-refractivity contribution >= 4 is 29.6 Å². The minimum absolute atomic E-state index is 0.0554. The van der Waals surface area contributed by atoms with Crippen LogP contribution in [0.4, 0.5) is 4.79 Å². The van der Waals surface area contributed by atoms with Crippen molar-refractivity contribution in [3.8, 4) is 18.0 Å². The zero-order valence-corrected chi connectivity index (χ0v) is 12.7. The average molecular weight is 326 g/mol. The Balaban J connectivity index is 1.94. The Morgan fingerprint density at radius 1 is 1.22 bits per heavy atom. The van der Waals surface area contributed by atoms with Crippen LogP contribution in [0.15, 0.2) is 48.3 Å². The minimum atomic E-state index is -0.510. The summed E-state index contributed by atoms with van der Waals surface area (Å²) in [7, 11) is 0. The number of amides is 3. The fraction of sp³-hybridized carbons (Fsp3) is 0.0588. The lowest BCUT2D eigenvalue weighted by Gasteiger charge is -2.07. The summed E-state index contributed by atoms with van der Waals surface area (Å²) in [6.07, 6.45) is 8.64. The van der Waals surface area contributed by atoms with Gasteiger partial charge in [-0.3, -0.25) is 4.79 Å². The largest absolute Gasteiger partial charge is 0.329 e. The number of nitrogens with zero attached hydrogens (tertiary/aromatic N) is 2. The van der Waals surface area contributed by atoms with Crippen LogP contribution in [0.3, 0.4) is 0 Å². The van der Waals surface area contributed by atoms with E-state index >= 15 is 0 Å². The number of benzene rings is 1. The van der Waals surface area contributed by atoms with E-state index in [-0.39, 0.29) is 12.2 Å². The molecular weight excluding hydrogens is 314 g/mol. The highest BCUT2D eigenvalue weighted by molar-refractivity contribution is 6.30. The van der Waals surface area contributed by atoms with Crippen LogP contribution >= 0.6 is 11.6 Å². The van der Waals surface area contributed by atoms with Crippen LogP contribution in [0.5, 0.6) is 0 Å². The van der Waals surface area contributed by atoms with Gasteiger partial charge in [0.25, 0.3) is 5.91 Å². The smallest absolute Gasteiger partial charge is 0.317 e. The van der Waals surface area contributed by atoms with Crippen LogP contribution in [0.25, 0.3) is 11.8 Å². The lowest BCUT2D eigenvalue weighted by atomic mass is 10.2. The summed E-state index contributed by atoms with van der Waals surface area (Å²) in [5.41, 5.74) is 1.83. The van der Waals surface area contributed by atoms with Crippen molar-refractivity contribution in [3.05, 3.63) is 59.0 Å². The lowest BCUT2D eigenvalue weighted by molar-refractivity contribution is -0.122. The molecule has 0 unspecified atom stereocenters. The molecule has 2 aromatic rings. The van der Waals surface area contributed by atoms with Gasteiger partial charge in [0.1, 0.15) is 5.70 Å². The third kappa shape index (κ3) is 2.85. The molecule has 6 heteroatoms. The molecule has 0 spiro atoms. The molecule has 0 atom stereocenters. The number of hydrogen-bond acceptors (Lipinski definition) is 2. The molecule has 1 aromatic heterocycles. The summed E-state index contributed by atoms with van der Waals surface area (Å²) in [5.74, 6) is 1.86. The SMILES string of the molecule is C#CCN1C(=O)N/C(=C/c2cccn2-c2ccc(Cl)cc2)C1=O. The number of rotatable bonds is 3. The van der Waals surface area contributed by atoms with Gasteiger partial charge in [0, 0.05) is 22.6 Å². The van der Waals surface area contributed by atoms with Crippen molar-refractivity contribution < 1.29 is 9.59 Å². The number of carbonyl (C=O) groups is 2. The lowest BCUT2D eigenvalue weighted by Crippen LogP contribution is -2.31. The van der Waals surface area contributed by atoms with Crippen LogP contribution in [-0.4, -0.2) is 28.0 Å². The van der Waals surface area contributed by atoms with E-state index in [4.69, 9.17) is 18.0 Å². The number of imide groups is 1. The molecule has 3 amide bonds. The first kappa shape index (κ1) is 14.9. The number of aromatic nitrogens is 1. The fourth-order valence-corrected chi connectivity index (χ4v) is 2.43. The molecule has 1 N–H and O–H groups in total. The Kier molecular flexibility index (Phi) is 3.92. The van der Waals surface area contributed by atoms with E-state index in [9.17, 15) is 9.59 Å². The maximum absolute atomic E-state index is 12.2. The molecule has 1 saturated heterocycles. The van der Waals surface area contributed by atoms with Crippen LogP contribution in [0, 0.1) is 12.3 Å². The topological polar surface area (TPSA) is 54.3 Å². The Labute approximate surface area is 138 Å². The molecule has 0 saturated carbocycles. The second-order valence-corrected chi connectivity index (χ2v) is 5.30. The van der Waals surface area contributed by atoms with Gasteiger partial charge in [0.15, 0.2) is 0 Å². The molecule has 0 aliphatic carbocycles. The van der Waals surface area contributed by atoms with Gasteiger partial charge in [-0.1, -0.05) is 17.5 Å². The zero-order valence-electron chi connectivity index (χ0n) is 12.0. The fourth-order valence-electron chi connectivity index (χ4n) is 2.30. The predicted octanol–water partition coefficient (Wildman–Crippen LogP) is 2.66. The summed E-state index contributed by atoms with van der Waals surface area (Å²) in [5, 5.41) is 3.18. The van der Waals surface area contributed by atoms with Gasteiger partial charge in [0.05, 0.1) is 6.54 Å². The molecule has 3 rings (SSSR count). The number of hydrogen-bond donors (Lipinski definition) is 1. The number of urea groups is 1. The summed E-state index contributed by atoms with van der Waals surface area (Å²) < 4.78 is 1.88. The van der Waals surface area contributed by atoms with E-state index in [0.717, 1.165) is 16.3 Å². The normalized spacial score (nSPS) is 15.8. The van der Waals surface area contributed by atoms with Crippen LogP contribution in [0.2, 0.25) is 5.02 Å². The third-order valence-electron chi connectivity index (χ3n) is 3.39. The molecular formula is C17H12ClN3O2. The van der Waals surface area contributed by atoms with Crippen molar-refractivity contribution in [1.82, 2.24) is 14.8 Å². The Morgan fingerprint density at radius 3 is 2.65 bits per heavy atom. The Morgan fingerprint density at radius 2 is 1.96 bits per heavy atom. The standard InChI is InChI=1S/C17H12ClN3O2/c1-2-9-21-16(22)15(19-17(21)23)11-14-4-3-10-20(14)13-7-5-12(18)6-8-13/h1,3-8,10-11H,9H2,(H,19,23)/b15-11+. The highest BCUT2D eigenvalue weighted by atomic mass is 35.5. The van der Waals surface area contributed by atoms with E-state index in [2.05, 4.69) is 11.2 Å². The second kappa shape index (κ2) is 6.03. The molecule has 1 aromatic carbocycles. The van der Waals surface area contributed by atoms with Crippen molar-refractivity contribution in [2.24, 2.45) is 0 Å². The van der Waals surface area contributed by atoms with E-state index in [1.54, 1.807) is 18.2 Å². The molecule has 1 aliphatic rings. The van der Waals surface area contributed by atoms with Gasteiger partial charge in [-0.05, 0) is 42.5 Å². The Bertz CT molecular complexity index is 843. The highest BCUT2D eigenvalue weighted by Gasteiger charge is 2.32. The van der Waals surface area contributed by atoms with Crippen molar-refractivity contribution in [1.29, 1.82) is 0 Å². The van der Waals surface area contributed by atoms with Gasteiger partial charge in [-0.15, -0.1) is 6.42 Å². The van der Waals surface area contributed by atoms with Crippen molar-refractivity contribution in [2.45, 2.75) is 0 Å². The first-order valence-corrected chi connectivity index (χ1v) is 7.19. The van der Waals surface area contributed by atoms with E-state index in [0.29, 0.717) is 5.02 Å². The number of nitrogens with one attached hydrogen (secondary N) is 1. The average Bonchev–Trinajstić information content (AvgIpc) is 3.09. The van der Waals surface area contributed by atoms with E-state index in [1.165, 1.54) is 0 Å². The maximum atomic E-state index is 12.2. The Hall–Kier alpha value is -2.97. The first-order valence-electron chi connectivity index (χ1n) is 6.81. The summed E-state index contributed by atoms with van der Waals surface area (Å²) in [6, 6.07) is 10.5. The van der Waals surface area contributed by atoms with E-state index in [1.807, 2.05) is 35.0 Å². The minimum Gasteiger partial charge on any atom is -0.317 e. The number of halogens is 1. The molecule has 1 aliphatic heterocycles. The van der Waals surface area contributed by atoms with E-state index < -0.39 is 11.9 Å². The van der Waals surface area contributed by atoms with Gasteiger partial charge >= 0.3 is 6.03 Å². The first-order chi connectivity index (χ1) is 11.1. The molecule has 23 heavy (non-hydrogen) atoms. The summed E-state index contributed by atoms with van der Waals surface area (Å²) in [4.78, 5) is 24.9. The summed E-state index contributed by atoms with van der Waals surface area (Å²) in [6.45, 7) is -0.0554. The third-order valence-corrected chi connectivity index (χ3v) is 3.64. The van der Waals surface area contributed by atoms with Crippen LogP contribution < -0.4 is 5.32 Å². The van der Waals surface area contributed by atoms with Crippen LogP contribution in [-0.2, 0) is 4.79 Å². The number of terminal acetylenes is 1. The molecule has 0 bridgehead atoms. The van der Waals surface area contributed by atoms with Crippen molar-refractivity contribution in [3.63, 3.8) is 0 Å². The molecule has 114 valence electrons. The van der Waals surface area contributed by atoms with Gasteiger partial charge in [0.2, 0.25) is 0 Å².